The fourth-order valence-electron chi connectivity index (χ4n) is 1.67. The van der Waals surface area contributed by atoms with Crippen LogP contribution in [0.1, 0.15) is 19.8 Å². The summed E-state index contributed by atoms with van der Waals surface area (Å²) in [5, 5.41) is 18.2. The van der Waals surface area contributed by atoms with E-state index in [0.717, 1.165) is 0 Å². The fraction of sp³-hybridized carbons (Fsp3) is 0.875. The summed E-state index contributed by atoms with van der Waals surface area (Å²) in [6.07, 6.45) is -0.303. The standard InChI is InChI=1S/C8H14O4/c1-8(7(10)11)3-5(9)6(4-8)12-2/h5-6,9H,3-4H2,1-2H3,(H,10,11). The van der Waals surface area contributed by atoms with Crippen molar-refractivity contribution in [3.05, 3.63) is 0 Å². The van der Waals surface area contributed by atoms with Crippen molar-refractivity contribution < 1.29 is 19.7 Å². The molecule has 4 nitrogen and oxygen atoms in total. The third kappa shape index (κ3) is 1.44. The van der Waals surface area contributed by atoms with Gasteiger partial charge in [-0.05, 0) is 19.8 Å². The monoisotopic (exact) mass is 174 g/mol. The van der Waals surface area contributed by atoms with Gasteiger partial charge < -0.3 is 14.9 Å². The summed E-state index contributed by atoms with van der Waals surface area (Å²) >= 11 is 0. The molecule has 4 heteroatoms. The van der Waals surface area contributed by atoms with Crippen LogP contribution in [0.15, 0.2) is 0 Å². The van der Waals surface area contributed by atoms with Gasteiger partial charge in [0.15, 0.2) is 0 Å². The topological polar surface area (TPSA) is 66.8 Å². The zero-order valence-corrected chi connectivity index (χ0v) is 7.28. The molecule has 0 aromatic carbocycles. The lowest BCUT2D eigenvalue weighted by Gasteiger charge is -2.16. The van der Waals surface area contributed by atoms with E-state index in [1.165, 1.54) is 7.11 Å². The van der Waals surface area contributed by atoms with Crippen LogP contribution in [0.3, 0.4) is 0 Å². The second-order valence-electron chi connectivity index (χ2n) is 3.62. The first-order valence-corrected chi connectivity index (χ1v) is 3.94. The van der Waals surface area contributed by atoms with E-state index in [1.54, 1.807) is 6.92 Å². The second-order valence-corrected chi connectivity index (χ2v) is 3.62. The van der Waals surface area contributed by atoms with Crippen LogP contribution in [0, 0.1) is 5.41 Å². The van der Waals surface area contributed by atoms with Gasteiger partial charge in [-0.1, -0.05) is 0 Å². The molecule has 0 bridgehead atoms. The highest BCUT2D eigenvalue weighted by molar-refractivity contribution is 5.74. The van der Waals surface area contributed by atoms with Gasteiger partial charge in [0.05, 0.1) is 17.6 Å². The van der Waals surface area contributed by atoms with Crippen molar-refractivity contribution in [2.45, 2.75) is 32.0 Å². The Balaban J connectivity index is 2.70. The normalized spacial score (nSPS) is 41.6. The molecular weight excluding hydrogens is 160 g/mol. The molecule has 70 valence electrons. The number of methoxy groups -OCH3 is 1. The lowest BCUT2D eigenvalue weighted by Crippen LogP contribution is -2.25. The first kappa shape index (κ1) is 9.48. The molecule has 3 unspecified atom stereocenters. The van der Waals surface area contributed by atoms with Gasteiger partial charge in [-0.15, -0.1) is 0 Å². The highest BCUT2D eigenvalue weighted by Gasteiger charge is 2.46. The predicted molar refractivity (Wildman–Crippen MR) is 41.8 cm³/mol. The average Bonchev–Trinajstić information content (AvgIpc) is 2.27. The number of aliphatic hydroxyl groups excluding tert-OH is 1. The molecule has 0 spiro atoms. The Bertz CT molecular complexity index is 191. The molecule has 0 saturated heterocycles. The summed E-state index contributed by atoms with van der Waals surface area (Å²) in [5.74, 6) is -0.860. The number of rotatable bonds is 2. The van der Waals surface area contributed by atoms with Gasteiger partial charge in [0.2, 0.25) is 0 Å². The van der Waals surface area contributed by atoms with E-state index < -0.39 is 17.5 Å². The van der Waals surface area contributed by atoms with Crippen molar-refractivity contribution in [3.8, 4) is 0 Å². The van der Waals surface area contributed by atoms with Crippen LogP contribution >= 0.6 is 0 Å². The van der Waals surface area contributed by atoms with Gasteiger partial charge in [-0.2, -0.15) is 0 Å². The highest BCUT2D eigenvalue weighted by Crippen LogP contribution is 2.39. The number of aliphatic carboxylic acids is 1. The summed E-state index contributed by atoms with van der Waals surface area (Å²) in [6.45, 7) is 1.64. The van der Waals surface area contributed by atoms with Crippen molar-refractivity contribution in [2.24, 2.45) is 5.41 Å². The summed E-state index contributed by atoms with van der Waals surface area (Å²) in [7, 11) is 1.49. The third-order valence-electron chi connectivity index (χ3n) is 2.56. The summed E-state index contributed by atoms with van der Waals surface area (Å²) in [4.78, 5) is 10.8. The lowest BCUT2D eigenvalue weighted by molar-refractivity contribution is -0.148. The first-order valence-electron chi connectivity index (χ1n) is 3.94. The third-order valence-corrected chi connectivity index (χ3v) is 2.56. The zero-order valence-electron chi connectivity index (χ0n) is 7.28. The minimum atomic E-state index is -0.860. The number of carboxylic acids is 1. The van der Waals surface area contributed by atoms with Crippen molar-refractivity contribution in [2.75, 3.05) is 7.11 Å². The van der Waals surface area contributed by atoms with Gasteiger partial charge in [0, 0.05) is 7.11 Å². The molecule has 0 radical (unpaired) electrons. The highest BCUT2D eigenvalue weighted by atomic mass is 16.5. The second kappa shape index (κ2) is 3.03. The fourth-order valence-corrected chi connectivity index (χ4v) is 1.67. The summed E-state index contributed by atoms with van der Waals surface area (Å²) in [5.41, 5.74) is -0.819. The van der Waals surface area contributed by atoms with Crippen LogP contribution in [-0.2, 0) is 9.53 Å². The molecule has 1 aliphatic rings. The van der Waals surface area contributed by atoms with Crippen LogP contribution in [0.2, 0.25) is 0 Å². The SMILES string of the molecule is COC1CC(C)(C(=O)O)CC1O. The maximum atomic E-state index is 10.8. The van der Waals surface area contributed by atoms with Crippen molar-refractivity contribution in [1.29, 1.82) is 0 Å². The van der Waals surface area contributed by atoms with Crippen molar-refractivity contribution in [3.63, 3.8) is 0 Å². The van der Waals surface area contributed by atoms with Gasteiger partial charge >= 0.3 is 5.97 Å². The van der Waals surface area contributed by atoms with Gasteiger partial charge in [-0.25, -0.2) is 0 Å². The zero-order chi connectivity index (χ0) is 9.35. The van der Waals surface area contributed by atoms with Crippen LogP contribution in [-0.4, -0.2) is 35.5 Å². The first-order chi connectivity index (χ1) is 5.49. The Labute approximate surface area is 71.2 Å². The van der Waals surface area contributed by atoms with Gasteiger partial charge in [-0.3, -0.25) is 4.79 Å². The molecule has 0 aliphatic heterocycles. The number of hydrogen-bond donors (Lipinski definition) is 2. The van der Waals surface area contributed by atoms with Crippen molar-refractivity contribution >= 4 is 5.97 Å². The van der Waals surface area contributed by atoms with Gasteiger partial charge in [0.1, 0.15) is 0 Å². The van der Waals surface area contributed by atoms with E-state index in [0.29, 0.717) is 6.42 Å². The number of ether oxygens (including phenoxy) is 1. The Morgan fingerprint density at radius 3 is 2.42 bits per heavy atom. The van der Waals surface area contributed by atoms with Crippen LogP contribution in [0.5, 0.6) is 0 Å². The van der Waals surface area contributed by atoms with Crippen LogP contribution in [0.25, 0.3) is 0 Å². The molecule has 0 aromatic rings. The largest absolute Gasteiger partial charge is 0.481 e. The Morgan fingerprint density at radius 1 is 1.58 bits per heavy atom. The number of aliphatic hydroxyl groups is 1. The van der Waals surface area contributed by atoms with Crippen LogP contribution < -0.4 is 0 Å². The van der Waals surface area contributed by atoms with E-state index in [2.05, 4.69) is 0 Å². The maximum absolute atomic E-state index is 10.8. The molecule has 0 aromatic heterocycles. The Hall–Kier alpha value is -0.610. The maximum Gasteiger partial charge on any atom is 0.309 e. The summed E-state index contributed by atoms with van der Waals surface area (Å²) < 4.78 is 4.96. The lowest BCUT2D eigenvalue weighted by atomic mass is 9.89. The molecule has 3 atom stereocenters. The Morgan fingerprint density at radius 2 is 2.17 bits per heavy atom. The number of hydrogen-bond acceptors (Lipinski definition) is 3. The summed E-state index contributed by atoms with van der Waals surface area (Å²) in [6, 6.07) is 0. The molecule has 1 rings (SSSR count). The molecule has 0 amide bonds. The minimum Gasteiger partial charge on any atom is -0.481 e. The molecule has 1 fully saturated rings. The molecule has 12 heavy (non-hydrogen) atoms. The van der Waals surface area contributed by atoms with E-state index in [9.17, 15) is 9.90 Å². The van der Waals surface area contributed by atoms with Crippen molar-refractivity contribution in [1.82, 2.24) is 0 Å². The van der Waals surface area contributed by atoms with E-state index in [-0.39, 0.29) is 12.5 Å². The van der Waals surface area contributed by atoms with E-state index in [1.807, 2.05) is 0 Å². The molecule has 0 heterocycles. The molecule has 2 N–H and O–H groups in total. The molecule has 1 aliphatic carbocycles. The number of carboxylic acid groups (broad SMARTS) is 1. The van der Waals surface area contributed by atoms with Crippen LogP contribution in [0.4, 0.5) is 0 Å². The van der Waals surface area contributed by atoms with Gasteiger partial charge in [0.25, 0.3) is 0 Å². The number of carbonyl (C=O) groups is 1. The van der Waals surface area contributed by atoms with E-state index >= 15 is 0 Å². The minimum absolute atomic E-state index is 0.279. The smallest absolute Gasteiger partial charge is 0.309 e. The quantitative estimate of drug-likeness (QED) is 0.629. The Kier molecular flexibility index (Phi) is 2.39. The molecule has 1 saturated carbocycles. The molecular formula is C8H14O4. The average molecular weight is 174 g/mol. The predicted octanol–water partition coefficient (Wildman–Crippen LogP) is 0.247. The van der Waals surface area contributed by atoms with E-state index in [4.69, 9.17) is 9.84 Å².